The summed E-state index contributed by atoms with van der Waals surface area (Å²) in [5, 5.41) is 0. The molecule has 1 aromatic rings. The Morgan fingerprint density at radius 1 is 1.64 bits per heavy atom. The van der Waals surface area contributed by atoms with Crippen LogP contribution in [0.2, 0.25) is 0 Å². The Bertz CT molecular complexity index is 316. The lowest BCUT2D eigenvalue weighted by Crippen LogP contribution is -2.29. The van der Waals surface area contributed by atoms with Gasteiger partial charge in [0.1, 0.15) is 0 Å². The first kappa shape index (κ1) is 9.68. The lowest BCUT2D eigenvalue weighted by molar-refractivity contribution is 0.304. The normalized spacial score (nSPS) is 19.4. The van der Waals surface area contributed by atoms with Crippen LogP contribution in [0.15, 0.2) is 6.33 Å². The summed E-state index contributed by atoms with van der Waals surface area (Å²) >= 11 is 0. The number of hydrogen-bond donors (Lipinski definition) is 1. The van der Waals surface area contributed by atoms with Gasteiger partial charge in [-0.2, -0.15) is 0 Å². The average Bonchev–Trinajstić information content (AvgIpc) is 2.47. The summed E-state index contributed by atoms with van der Waals surface area (Å²) < 4.78 is 2.20. The maximum Gasteiger partial charge on any atom is 0.0952 e. The lowest BCUT2D eigenvalue weighted by atomic mass is 10.1. The van der Waals surface area contributed by atoms with E-state index >= 15 is 0 Å². The van der Waals surface area contributed by atoms with E-state index in [1.54, 1.807) is 0 Å². The van der Waals surface area contributed by atoms with E-state index in [1.807, 2.05) is 13.3 Å². The van der Waals surface area contributed by atoms with Gasteiger partial charge in [0, 0.05) is 37.8 Å². The molecule has 2 N–H and O–H groups in total. The van der Waals surface area contributed by atoms with Crippen molar-refractivity contribution in [3.8, 4) is 0 Å². The van der Waals surface area contributed by atoms with Crippen molar-refractivity contribution in [2.45, 2.75) is 32.5 Å². The lowest BCUT2D eigenvalue weighted by Gasteiger charge is -2.23. The molecule has 2 rings (SSSR count). The SMILES string of the molecule is CC(N)Cn1cnc2c1CCN(C)C2. The van der Waals surface area contributed by atoms with Crippen molar-refractivity contribution in [1.29, 1.82) is 0 Å². The molecule has 1 aliphatic rings. The summed E-state index contributed by atoms with van der Waals surface area (Å²) in [4.78, 5) is 6.72. The molecular formula is C10H18N4. The Morgan fingerprint density at radius 2 is 2.43 bits per heavy atom. The molecule has 0 radical (unpaired) electrons. The summed E-state index contributed by atoms with van der Waals surface area (Å²) in [5.74, 6) is 0. The standard InChI is InChI=1S/C10H18N4/c1-8(11)5-14-7-12-9-6-13(2)4-3-10(9)14/h7-8H,3-6,11H2,1-2H3. The van der Waals surface area contributed by atoms with Gasteiger partial charge < -0.3 is 15.2 Å². The average molecular weight is 194 g/mol. The Hall–Kier alpha value is -0.870. The number of nitrogens with two attached hydrogens (primary N) is 1. The minimum Gasteiger partial charge on any atom is -0.333 e. The van der Waals surface area contributed by atoms with Crippen molar-refractivity contribution in [2.75, 3.05) is 13.6 Å². The van der Waals surface area contributed by atoms with Crippen molar-refractivity contribution in [1.82, 2.24) is 14.5 Å². The molecule has 1 aliphatic heterocycles. The van der Waals surface area contributed by atoms with Crippen LogP contribution in [0.4, 0.5) is 0 Å². The highest BCUT2D eigenvalue weighted by Gasteiger charge is 2.18. The van der Waals surface area contributed by atoms with E-state index in [4.69, 9.17) is 5.73 Å². The number of rotatable bonds is 2. The number of nitrogens with zero attached hydrogens (tertiary/aromatic N) is 3. The smallest absolute Gasteiger partial charge is 0.0952 e. The van der Waals surface area contributed by atoms with Gasteiger partial charge in [-0.15, -0.1) is 0 Å². The molecule has 0 fully saturated rings. The molecule has 0 saturated heterocycles. The molecule has 0 aliphatic carbocycles. The van der Waals surface area contributed by atoms with Crippen LogP contribution in [-0.4, -0.2) is 34.1 Å². The molecule has 1 atom stereocenters. The topological polar surface area (TPSA) is 47.1 Å². The molecule has 0 amide bonds. The van der Waals surface area contributed by atoms with Crippen LogP contribution in [-0.2, 0) is 19.5 Å². The molecule has 78 valence electrons. The minimum absolute atomic E-state index is 0.202. The second kappa shape index (κ2) is 3.71. The van der Waals surface area contributed by atoms with Crippen molar-refractivity contribution >= 4 is 0 Å². The van der Waals surface area contributed by atoms with Gasteiger partial charge in [-0.05, 0) is 14.0 Å². The molecule has 1 unspecified atom stereocenters. The first-order valence-electron chi connectivity index (χ1n) is 5.14. The Kier molecular flexibility index (Phi) is 2.56. The Morgan fingerprint density at radius 3 is 3.14 bits per heavy atom. The van der Waals surface area contributed by atoms with Crippen LogP contribution in [0.3, 0.4) is 0 Å². The summed E-state index contributed by atoms with van der Waals surface area (Å²) in [7, 11) is 2.13. The van der Waals surface area contributed by atoms with Gasteiger partial charge >= 0.3 is 0 Å². The zero-order chi connectivity index (χ0) is 10.1. The molecule has 4 heteroatoms. The van der Waals surface area contributed by atoms with E-state index in [2.05, 4.69) is 21.5 Å². The van der Waals surface area contributed by atoms with Crippen LogP contribution in [0, 0.1) is 0 Å². The highest BCUT2D eigenvalue weighted by Crippen LogP contribution is 2.16. The second-order valence-corrected chi connectivity index (χ2v) is 4.26. The van der Waals surface area contributed by atoms with E-state index < -0.39 is 0 Å². The fourth-order valence-corrected chi connectivity index (χ4v) is 1.97. The van der Waals surface area contributed by atoms with Crippen LogP contribution in [0.5, 0.6) is 0 Å². The fraction of sp³-hybridized carbons (Fsp3) is 0.700. The fourth-order valence-electron chi connectivity index (χ4n) is 1.97. The molecule has 0 aromatic carbocycles. The highest BCUT2D eigenvalue weighted by molar-refractivity contribution is 5.16. The van der Waals surface area contributed by atoms with Crippen molar-refractivity contribution in [3.05, 3.63) is 17.7 Å². The number of aromatic nitrogens is 2. The van der Waals surface area contributed by atoms with Gasteiger partial charge in [0.15, 0.2) is 0 Å². The van der Waals surface area contributed by atoms with Crippen LogP contribution in [0.25, 0.3) is 0 Å². The quantitative estimate of drug-likeness (QED) is 0.732. The van der Waals surface area contributed by atoms with E-state index in [1.165, 1.54) is 11.4 Å². The number of likely N-dealkylation sites (N-methyl/N-ethyl adjacent to an activating group) is 1. The Labute approximate surface area is 84.7 Å². The van der Waals surface area contributed by atoms with Gasteiger partial charge in [-0.1, -0.05) is 0 Å². The number of fused-ring (bicyclic) bond motifs is 1. The number of imidazole rings is 1. The highest BCUT2D eigenvalue weighted by atomic mass is 15.2. The van der Waals surface area contributed by atoms with E-state index in [0.717, 1.165) is 26.1 Å². The first-order valence-corrected chi connectivity index (χ1v) is 5.14. The zero-order valence-electron chi connectivity index (χ0n) is 8.90. The van der Waals surface area contributed by atoms with Crippen LogP contribution in [0.1, 0.15) is 18.3 Å². The van der Waals surface area contributed by atoms with Crippen LogP contribution < -0.4 is 5.73 Å². The molecule has 1 aromatic heterocycles. The zero-order valence-corrected chi connectivity index (χ0v) is 8.90. The van der Waals surface area contributed by atoms with Crippen molar-refractivity contribution in [3.63, 3.8) is 0 Å². The third-order valence-electron chi connectivity index (χ3n) is 2.67. The van der Waals surface area contributed by atoms with Gasteiger partial charge in [0.2, 0.25) is 0 Å². The summed E-state index contributed by atoms with van der Waals surface area (Å²) in [6.07, 6.45) is 3.02. The van der Waals surface area contributed by atoms with E-state index in [0.29, 0.717) is 0 Å². The third kappa shape index (κ3) is 1.81. The van der Waals surface area contributed by atoms with Crippen LogP contribution >= 0.6 is 0 Å². The molecule has 0 bridgehead atoms. The van der Waals surface area contributed by atoms with Gasteiger partial charge in [-0.3, -0.25) is 0 Å². The van der Waals surface area contributed by atoms with E-state index in [9.17, 15) is 0 Å². The third-order valence-corrected chi connectivity index (χ3v) is 2.67. The molecule has 0 spiro atoms. The first-order chi connectivity index (χ1) is 6.66. The predicted molar refractivity (Wildman–Crippen MR) is 55.9 cm³/mol. The molecular weight excluding hydrogens is 176 g/mol. The monoisotopic (exact) mass is 194 g/mol. The minimum atomic E-state index is 0.202. The second-order valence-electron chi connectivity index (χ2n) is 4.26. The largest absolute Gasteiger partial charge is 0.333 e. The van der Waals surface area contributed by atoms with E-state index in [-0.39, 0.29) is 6.04 Å². The molecule has 2 heterocycles. The predicted octanol–water partition coefficient (Wildman–Crippen LogP) is 0.218. The molecule has 0 saturated carbocycles. The molecule has 4 nitrogen and oxygen atoms in total. The van der Waals surface area contributed by atoms with Crippen molar-refractivity contribution < 1.29 is 0 Å². The van der Waals surface area contributed by atoms with Gasteiger partial charge in [0.05, 0.1) is 12.0 Å². The van der Waals surface area contributed by atoms with Gasteiger partial charge in [-0.25, -0.2) is 4.98 Å². The maximum atomic E-state index is 5.79. The van der Waals surface area contributed by atoms with Crippen molar-refractivity contribution in [2.24, 2.45) is 5.73 Å². The Balaban J connectivity index is 2.20. The molecule has 14 heavy (non-hydrogen) atoms. The summed E-state index contributed by atoms with van der Waals surface area (Å²) in [6, 6.07) is 0.202. The van der Waals surface area contributed by atoms with Gasteiger partial charge in [0.25, 0.3) is 0 Å². The summed E-state index contributed by atoms with van der Waals surface area (Å²) in [5.41, 5.74) is 8.38. The number of hydrogen-bond acceptors (Lipinski definition) is 3. The maximum absolute atomic E-state index is 5.79. The summed E-state index contributed by atoms with van der Waals surface area (Å²) in [6.45, 7) is 5.01.